The third-order valence-corrected chi connectivity index (χ3v) is 9.26. The van der Waals surface area contributed by atoms with E-state index in [4.69, 9.17) is 4.74 Å². The Kier molecular flexibility index (Phi) is 4.84. The highest BCUT2D eigenvalue weighted by Gasteiger charge is 2.67. The Balaban J connectivity index is 1.67. The van der Waals surface area contributed by atoms with Crippen molar-refractivity contribution in [3.05, 3.63) is 11.6 Å². The first-order valence-electron chi connectivity index (χ1n) is 11.2. The molecular weight excluding hydrogens is 368 g/mol. The third kappa shape index (κ3) is 2.79. The van der Waals surface area contributed by atoms with E-state index in [1.54, 1.807) is 0 Å². The fourth-order valence-corrected chi connectivity index (χ4v) is 7.53. The molecule has 4 aliphatic carbocycles. The standard InChI is InChI=1S/C24H34O5/c1-14-11-20-18-6-5-16-12-17(26)7-9-22(16,3)19(18)8-10-23(20,4)24(14,28)21(27)13-29-15(2)25/h8,14,16,18,20,28H,5-7,9-13H2,1-4H3/t14-,16+,18+,20-,22-,23-,24-/m0/s1. The zero-order valence-electron chi connectivity index (χ0n) is 18.1. The van der Waals surface area contributed by atoms with E-state index in [2.05, 4.69) is 19.9 Å². The van der Waals surface area contributed by atoms with Gasteiger partial charge >= 0.3 is 5.97 Å². The van der Waals surface area contributed by atoms with Gasteiger partial charge in [-0.1, -0.05) is 32.4 Å². The molecule has 0 bridgehead atoms. The number of rotatable bonds is 3. The van der Waals surface area contributed by atoms with Crippen LogP contribution < -0.4 is 0 Å². The molecular formula is C24H34O5. The van der Waals surface area contributed by atoms with Gasteiger partial charge in [0.25, 0.3) is 0 Å². The van der Waals surface area contributed by atoms with Crippen LogP contribution in [0.2, 0.25) is 0 Å². The molecule has 0 aliphatic heterocycles. The van der Waals surface area contributed by atoms with Crippen LogP contribution in [-0.2, 0) is 19.1 Å². The normalized spacial score (nSPS) is 46.2. The number of esters is 1. The summed E-state index contributed by atoms with van der Waals surface area (Å²) in [7, 11) is 0. The lowest BCUT2D eigenvalue weighted by molar-refractivity contribution is -0.167. The highest BCUT2D eigenvalue weighted by atomic mass is 16.5. The number of carbonyl (C=O) groups excluding carboxylic acids is 3. The first kappa shape index (κ1) is 20.8. The van der Waals surface area contributed by atoms with Crippen molar-refractivity contribution in [2.75, 3.05) is 6.61 Å². The Bertz CT molecular complexity index is 784. The average molecular weight is 403 g/mol. The summed E-state index contributed by atoms with van der Waals surface area (Å²) in [6, 6.07) is 0. The Morgan fingerprint density at radius 1 is 1.28 bits per heavy atom. The smallest absolute Gasteiger partial charge is 0.303 e. The minimum atomic E-state index is -1.48. The van der Waals surface area contributed by atoms with E-state index in [1.165, 1.54) is 12.5 Å². The Morgan fingerprint density at radius 2 is 2.00 bits per heavy atom. The molecule has 0 spiro atoms. The van der Waals surface area contributed by atoms with Gasteiger partial charge in [-0.2, -0.15) is 0 Å². The predicted octanol–water partition coefficient (Wildman–Crippen LogP) is 3.63. The van der Waals surface area contributed by atoms with Crippen LogP contribution in [0.5, 0.6) is 0 Å². The van der Waals surface area contributed by atoms with Gasteiger partial charge in [-0.25, -0.2) is 0 Å². The van der Waals surface area contributed by atoms with Crippen molar-refractivity contribution in [3.8, 4) is 0 Å². The van der Waals surface area contributed by atoms with E-state index >= 15 is 0 Å². The number of ketones is 2. The van der Waals surface area contributed by atoms with Crippen molar-refractivity contribution in [2.24, 2.45) is 34.5 Å². The number of fused-ring (bicyclic) bond motifs is 5. The van der Waals surface area contributed by atoms with E-state index in [0.29, 0.717) is 36.9 Å². The zero-order chi connectivity index (χ0) is 21.2. The molecule has 3 saturated carbocycles. The van der Waals surface area contributed by atoms with Crippen molar-refractivity contribution >= 4 is 17.5 Å². The van der Waals surface area contributed by atoms with Crippen molar-refractivity contribution in [2.45, 2.75) is 78.2 Å². The second-order valence-corrected chi connectivity index (χ2v) is 10.5. The lowest BCUT2D eigenvalue weighted by Gasteiger charge is -2.56. The highest BCUT2D eigenvalue weighted by Crippen LogP contribution is 2.67. The molecule has 0 radical (unpaired) electrons. The summed E-state index contributed by atoms with van der Waals surface area (Å²) in [5.41, 5.74) is -0.474. The monoisotopic (exact) mass is 402 g/mol. The highest BCUT2D eigenvalue weighted by molar-refractivity contribution is 5.91. The predicted molar refractivity (Wildman–Crippen MR) is 108 cm³/mol. The van der Waals surface area contributed by atoms with Crippen LogP contribution in [0.1, 0.15) is 72.6 Å². The van der Waals surface area contributed by atoms with Gasteiger partial charge in [0.2, 0.25) is 5.78 Å². The molecule has 0 aromatic carbocycles. The van der Waals surface area contributed by atoms with Crippen molar-refractivity contribution in [3.63, 3.8) is 0 Å². The molecule has 4 rings (SSSR count). The quantitative estimate of drug-likeness (QED) is 0.576. The summed E-state index contributed by atoms with van der Waals surface area (Å²) in [6.45, 7) is 7.27. The first-order valence-corrected chi connectivity index (χ1v) is 11.2. The van der Waals surface area contributed by atoms with Crippen LogP contribution in [-0.4, -0.2) is 34.9 Å². The Labute approximate surface area is 173 Å². The molecule has 1 N–H and O–H groups in total. The molecule has 0 aromatic rings. The van der Waals surface area contributed by atoms with E-state index in [0.717, 1.165) is 25.7 Å². The largest absolute Gasteiger partial charge is 0.458 e. The maximum atomic E-state index is 13.0. The topological polar surface area (TPSA) is 80.7 Å². The lowest BCUT2D eigenvalue weighted by atomic mass is 9.48. The van der Waals surface area contributed by atoms with Crippen molar-refractivity contribution in [1.29, 1.82) is 0 Å². The molecule has 3 fully saturated rings. The van der Waals surface area contributed by atoms with Gasteiger partial charge in [-0.15, -0.1) is 0 Å². The van der Waals surface area contributed by atoms with E-state index in [9.17, 15) is 19.5 Å². The molecule has 160 valence electrons. The average Bonchev–Trinajstić information content (AvgIpc) is 2.88. The van der Waals surface area contributed by atoms with Gasteiger partial charge in [0.15, 0.2) is 6.61 Å². The molecule has 0 heterocycles. The summed E-state index contributed by atoms with van der Waals surface area (Å²) in [5.74, 6) is 0.376. The van der Waals surface area contributed by atoms with Crippen molar-refractivity contribution < 1.29 is 24.2 Å². The van der Waals surface area contributed by atoms with Gasteiger partial charge in [0.1, 0.15) is 11.4 Å². The van der Waals surface area contributed by atoms with E-state index in [1.807, 2.05) is 6.92 Å². The molecule has 4 aliphatic rings. The molecule has 7 atom stereocenters. The summed E-state index contributed by atoms with van der Waals surface area (Å²) < 4.78 is 4.96. The minimum Gasteiger partial charge on any atom is -0.458 e. The minimum absolute atomic E-state index is 0.0733. The molecule has 0 unspecified atom stereocenters. The number of hydrogen-bond donors (Lipinski definition) is 1. The van der Waals surface area contributed by atoms with E-state index < -0.39 is 17.0 Å². The maximum Gasteiger partial charge on any atom is 0.303 e. The molecule has 5 nitrogen and oxygen atoms in total. The summed E-state index contributed by atoms with van der Waals surface area (Å²) in [5, 5.41) is 11.7. The SMILES string of the molecule is CC(=O)OCC(=O)[C@@]1(O)[C@@H](C)C[C@H]2[C@@H]3CC[C@@H]4CC(=O)CC[C@]4(C)C3=CC[C@@]21C. The van der Waals surface area contributed by atoms with Gasteiger partial charge in [0, 0.05) is 25.2 Å². The third-order valence-electron chi connectivity index (χ3n) is 9.26. The Hall–Kier alpha value is -1.49. The van der Waals surface area contributed by atoms with E-state index in [-0.39, 0.29) is 29.6 Å². The zero-order valence-corrected chi connectivity index (χ0v) is 18.1. The van der Waals surface area contributed by atoms with Crippen LogP contribution in [0.25, 0.3) is 0 Å². The molecule has 0 amide bonds. The fourth-order valence-electron chi connectivity index (χ4n) is 7.53. The van der Waals surface area contributed by atoms with Gasteiger partial charge in [-0.05, 0) is 61.2 Å². The maximum absolute atomic E-state index is 13.0. The van der Waals surface area contributed by atoms with Crippen LogP contribution in [0.3, 0.4) is 0 Å². The van der Waals surface area contributed by atoms with Crippen LogP contribution in [0.15, 0.2) is 11.6 Å². The number of Topliss-reactive ketones (excluding diaryl/α,β-unsaturated/α-hetero) is 2. The Morgan fingerprint density at radius 3 is 2.69 bits per heavy atom. The molecule has 29 heavy (non-hydrogen) atoms. The number of carbonyl (C=O) groups is 3. The van der Waals surface area contributed by atoms with Crippen LogP contribution in [0.4, 0.5) is 0 Å². The summed E-state index contributed by atoms with van der Waals surface area (Å²) in [6.07, 6.45) is 8.13. The number of hydrogen-bond acceptors (Lipinski definition) is 5. The van der Waals surface area contributed by atoms with Crippen LogP contribution >= 0.6 is 0 Å². The molecule has 0 saturated heterocycles. The second-order valence-electron chi connectivity index (χ2n) is 10.5. The fraction of sp³-hybridized carbons (Fsp3) is 0.792. The second kappa shape index (κ2) is 6.76. The van der Waals surface area contributed by atoms with Crippen molar-refractivity contribution in [1.82, 2.24) is 0 Å². The van der Waals surface area contributed by atoms with Gasteiger partial charge in [0.05, 0.1) is 0 Å². The van der Waals surface area contributed by atoms with Gasteiger partial charge in [-0.3, -0.25) is 14.4 Å². The molecule has 0 aromatic heterocycles. The molecule has 5 heteroatoms. The summed E-state index contributed by atoms with van der Waals surface area (Å²) >= 11 is 0. The van der Waals surface area contributed by atoms with Crippen LogP contribution in [0, 0.1) is 34.5 Å². The number of aliphatic hydroxyl groups is 1. The lowest BCUT2D eigenvalue weighted by Crippen LogP contribution is -2.58. The first-order chi connectivity index (χ1) is 13.5. The number of allylic oxidation sites excluding steroid dienone is 2. The summed E-state index contributed by atoms with van der Waals surface area (Å²) in [4.78, 5) is 36.3. The number of ether oxygens (including phenoxy) is 1. The van der Waals surface area contributed by atoms with Gasteiger partial charge < -0.3 is 9.84 Å².